The van der Waals surface area contributed by atoms with Crippen LogP contribution in [0.4, 0.5) is 5.69 Å². The van der Waals surface area contributed by atoms with Crippen LogP contribution in [0.25, 0.3) is 21.9 Å². The van der Waals surface area contributed by atoms with Crippen molar-refractivity contribution in [1.29, 1.82) is 0 Å². The quantitative estimate of drug-likeness (QED) is 0.305. The van der Waals surface area contributed by atoms with Crippen molar-refractivity contribution in [2.24, 2.45) is 4.99 Å². The Labute approximate surface area is 183 Å². The van der Waals surface area contributed by atoms with Crippen LogP contribution < -0.4 is 10.9 Å². The second kappa shape index (κ2) is 8.34. The highest BCUT2D eigenvalue weighted by Gasteiger charge is 2.12. The Morgan fingerprint density at radius 2 is 1.90 bits per heavy atom. The average molecular weight is 428 g/mol. The van der Waals surface area contributed by atoms with Crippen molar-refractivity contribution in [2.75, 3.05) is 6.54 Å². The van der Waals surface area contributed by atoms with Gasteiger partial charge in [-0.2, -0.15) is 11.3 Å². The van der Waals surface area contributed by atoms with Gasteiger partial charge in [0.25, 0.3) is 5.56 Å². The predicted octanol–water partition coefficient (Wildman–Crippen LogP) is 5.30. The van der Waals surface area contributed by atoms with E-state index < -0.39 is 0 Å². The van der Waals surface area contributed by atoms with Crippen molar-refractivity contribution < 1.29 is 5.11 Å². The lowest BCUT2D eigenvalue weighted by Gasteiger charge is -2.20. The molecule has 1 aliphatic rings. The molecule has 3 heterocycles. The maximum atomic E-state index is 12.3. The fraction of sp³-hybridized carbons (Fsp3) is 0.120. The third-order valence-electron chi connectivity index (χ3n) is 5.55. The molecule has 2 aromatic heterocycles. The number of aromatic hydroxyl groups is 1. The highest BCUT2D eigenvalue weighted by molar-refractivity contribution is 7.08. The molecule has 0 amide bonds. The molecule has 0 saturated heterocycles. The number of fused-ring (bicyclic) bond motifs is 1. The van der Waals surface area contributed by atoms with Gasteiger partial charge in [-0.05, 0) is 64.2 Å². The van der Waals surface area contributed by atoms with Gasteiger partial charge >= 0.3 is 0 Å². The van der Waals surface area contributed by atoms with Crippen molar-refractivity contribution in [3.63, 3.8) is 0 Å². The van der Waals surface area contributed by atoms with E-state index in [0.29, 0.717) is 22.4 Å². The molecule has 1 unspecified atom stereocenters. The molecular weight excluding hydrogens is 406 g/mol. The summed E-state index contributed by atoms with van der Waals surface area (Å²) in [6, 6.07) is 16.1. The highest BCUT2D eigenvalue weighted by Crippen LogP contribution is 2.29. The number of H-pyrrole nitrogens is 1. The van der Waals surface area contributed by atoms with E-state index in [1.165, 1.54) is 5.56 Å². The maximum absolute atomic E-state index is 12.3. The Hall–Kier alpha value is -3.48. The molecular formula is C25H21N3O2S. The number of pyridine rings is 1. The molecule has 5 nitrogen and oxygen atoms in total. The second-order valence-corrected chi connectivity index (χ2v) is 8.29. The van der Waals surface area contributed by atoms with Crippen molar-refractivity contribution in [1.82, 2.24) is 10.3 Å². The van der Waals surface area contributed by atoms with E-state index in [0.717, 1.165) is 29.8 Å². The van der Waals surface area contributed by atoms with E-state index in [1.807, 2.05) is 35.7 Å². The minimum absolute atomic E-state index is 0.182. The number of aromatic amines is 1. The fourth-order valence-corrected chi connectivity index (χ4v) is 4.53. The standard InChI is InChI=1S/C25H21N3O2S/c29-24-20-9-6-17(18-10-12-31-15-18)13-21(20)22(25(30)28-24)14-27-19-7-4-16(5-8-19)23-3-1-2-11-26-23/h1-2,4-10,12-15,23,26H,3,11H2,(H2,28,29,30). The lowest BCUT2D eigenvalue weighted by Crippen LogP contribution is -2.23. The lowest BCUT2D eigenvalue weighted by molar-refractivity contribution is 0.452. The van der Waals surface area contributed by atoms with Crippen LogP contribution in [-0.2, 0) is 0 Å². The fourth-order valence-electron chi connectivity index (χ4n) is 3.87. The normalized spacial score (nSPS) is 16.3. The molecule has 5 rings (SSSR count). The number of nitrogens with one attached hydrogen (secondary N) is 2. The van der Waals surface area contributed by atoms with E-state index >= 15 is 0 Å². The summed E-state index contributed by atoms with van der Waals surface area (Å²) >= 11 is 1.62. The van der Waals surface area contributed by atoms with E-state index in [2.05, 4.69) is 45.0 Å². The molecule has 31 heavy (non-hydrogen) atoms. The second-order valence-electron chi connectivity index (χ2n) is 7.51. The molecule has 0 saturated carbocycles. The van der Waals surface area contributed by atoms with Gasteiger partial charge in [-0.3, -0.25) is 14.8 Å². The number of hydrogen-bond acceptors (Lipinski definition) is 5. The van der Waals surface area contributed by atoms with Crippen LogP contribution in [0.2, 0.25) is 0 Å². The summed E-state index contributed by atoms with van der Waals surface area (Å²) in [4.78, 5) is 19.4. The van der Waals surface area contributed by atoms with Gasteiger partial charge in [0.1, 0.15) is 0 Å². The molecule has 0 bridgehead atoms. The Kier molecular flexibility index (Phi) is 5.24. The average Bonchev–Trinajstić information content (AvgIpc) is 3.35. The summed E-state index contributed by atoms with van der Waals surface area (Å²) in [6.45, 7) is 0.885. The van der Waals surface area contributed by atoms with Gasteiger partial charge < -0.3 is 10.4 Å². The Bertz CT molecular complexity index is 1340. The van der Waals surface area contributed by atoms with Crippen LogP contribution in [0, 0.1) is 0 Å². The zero-order chi connectivity index (χ0) is 21.2. The topological polar surface area (TPSA) is 77.5 Å². The summed E-state index contributed by atoms with van der Waals surface area (Å²) in [6.07, 6.45) is 6.93. The molecule has 4 aromatic rings. The van der Waals surface area contributed by atoms with E-state index in [9.17, 15) is 9.90 Å². The number of thiophene rings is 1. The number of rotatable bonds is 4. The molecule has 0 aliphatic carbocycles. The molecule has 2 aromatic carbocycles. The van der Waals surface area contributed by atoms with Gasteiger partial charge in [-0.15, -0.1) is 0 Å². The van der Waals surface area contributed by atoms with Crippen molar-refractivity contribution in [2.45, 2.75) is 12.5 Å². The van der Waals surface area contributed by atoms with Gasteiger partial charge in [-0.25, -0.2) is 0 Å². The summed E-state index contributed by atoms with van der Waals surface area (Å²) in [5.41, 5.74) is 4.25. The molecule has 3 N–H and O–H groups in total. The van der Waals surface area contributed by atoms with Crippen molar-refractivity contribution in [3.8, 4) is 17.0 Å². The molecule has 154 valence electrons. The highest BCUT2D eigenvalue weighted by atomic mass is 32.1. The first-order chi connectivity index (χ1) is 15.2. The lowest BCUT2D eigenvalue weighted by atomic mass is 10.0. The van der Waals surface area contributed by atoms with Gasteiger partial charge in [0.2, 0.25) is 5.88 Å². The van der Waals surface area contributed by atoms with Crippen LogP contribution in [-0.4, -0.2) is 22.8 Å². The summed E-state index contributed by atoms with van der Waals surface area (Å²) in [7, 11) is 0. The Morgan fingerprint density at radius 1 is 1.03 bits per heavy atom. The van der Waals surface area contributed by atoms with Gasteiger partial charge in [0, 0.05) is 29.6 Å². The van der Waals surface area contributed by atoms with E-state index in [-0.39, 0.29) is 11.4 Å². The molecule has 6 heteroatoms. The molecule has 0 radical (unpaired) electrons. The Balaban J connectivity index is 1.50. The number of aromatic nitrogens is 1. The largest absolute Gasteiger partial charge is 0.494 e. The first-order valence-electron chi connectivity index (χ1n) is 10.1. The van der Waals surface area contributed by atoms with Crippen LogP contribution in [0.3, 0.4) is 0 Å². The van der Waals surface area contributed by atoms with Crippen LogP contribution >= 0.6 is 11.3 Å². The zero-order valence-electron chi connectivity index (χ0n) is 16.7. The smallest absolute Gasteiger partial charge is 0.258 e. The zero-order valence-corrected chi connectivity index (χ0v) is 17.5. The number of nitrogens with zero attached hydrogens (tertiary/aromatic N) is 1. The summed E-state index contributed by atoms with van der Waals surface area (Å²) in [5.74, 6) is -0.182. The number of hydrogen-bond donors (Lipinski definition) is 3. The van der Waals surface area contributed by atoms with Gasteiger partial charge in [0.15, 0.2) is 0 Å². The van der Waals surface area contributed by atoms with Gasteiger partial charge in [0.05, 0.1) is 11.3 Å². The predicted molar refractivity (Wildman–Crippen MR) is 128 cm³/mol. The molecule has 0 spiro atoms. The third-order valence-corrected chi connectivity index (χ3v) is 6.24. The van der Waals surface area contributed by atoms with Crippen LogP contribution in [0.5, 0.6) is 5.88 Å². The molecule has 1 atom stereocenters. The summed E-state index contributed by atoms with van der Waals surface area (Å²) in [5, 5.41) is 19.2. The van der Waals surface area contributed by atoms with Crippen LogP contribution in [0.1, 0.15) is 23.6 Å². The van der Waals surface area contributed by atoms with Crippen molar-refractivity contribution in [3.05, 3.63) is 92.9 Å². The SMILES string of the molecule is O=c1[nH]c(O)c(C=Nc2ccc(C3CC=CCN3)cc2)c2cc(-c3ccsc3)ccc12. The third kappa shape index (κ3) is 3.95. The Morgan fingerprint density at radius 3 is 2.65 bits per heavy atom. The maximum Gasteiger partial charge on any atom is 0.258 e. The molecule has 1 aliphatic heterocycles. The first kappa shape index (κ1) is 19.5. The monoisotopic (exact) mass is 427 g/mol. The molecule has 0 fully saturated rings. The van der Waals surface area contributed by atoms with E-state index in [4.69, 9.17) is 0 Å². The number of aliphatic imine (C=N–C) groups is 1. The minimum atomic E-state index is -0.320. The minimum Gasteiger partial charge on any atom is -0.494 e. The van der Waals surface area contributed by atoms with Crippen molar-refractivity contribution >= 4 is 34.0 Å². The first-order valence-corrected chi connectivity index (χ1v) is 11.1. The van der Waals surface area contributed by atoms with Crippen LogP contribution in [0.15, 0.2) is 81.2 Å². The van der Waals surface area contributed by atoms with E-state index in [1.54, 1.807) is 23.6 Å². The van der Waals surface area contributed by atoms with Gasteiger partial charge in [-0.1, -0.05) is 30.4 Å². The number of benzene rings is 2. The summed E-state index contributed by atoms with van der Waals surface area (Å²) < 4.78 is 0.